The van der Waals surface area contributed by atoms with Crippen LogP contribution in [0.1, 0.15) is 43.0 Å². The Morgan fingerprint density at radius 1 is 0.977 bits per heavy atom. The van der Waals surface area contributed by atoms with Crippen LogP contribution in [0.4, 0.5) is 11.5 Å². The predicted molar refractivity (Wildman–Crippen MR) is 172 cm³/mol. The van der Waals surface area contributed by atoms with Gasteiger partial charge in [0.15, 0.2) is 0 Å². The van der Waals surface area contributed by atoms with Crippen LogP contribution in [0.2, 0.25) is 0 Å². The second kappa shape index (κ2) is 11.6. The number of carbonyl (C=O) groups excluding carboxylic acids is 1. The molecule has 4 aliphatic rings. The molecule has 1 aromatic heterocycles. The lowest BCUT2D eigenvalue weighted by Crippen LogP contribution is -2.45. The number of nitrogens with zero attached hydrogens (tertiary/aromatic N) is 5. The summed E-state index contributed by atoms with van der Waals surface area (Å²) in [5.74, 6) is 2.16. The molecule has 1 saturated heterocycles. The van der Waals surface area contributed by atoms with Crippen LogP contribution in [0.15, 0.2) is 96.5 Å². The van der Waals surface area contributed by atoms with E-state index >= 15 is 0 Å². The number of hydrogen-bond donors (Lipinski definition) is 3. The SMILES string of the molecule is CC(=O)Nc1ccc(C2=C3C=CC(=[N+]4CCCCC4)N3[B]n3c2ccc3N2C=C(CN(C)Cc3ccccc3)NN2)cc1. The number of nitrogens with one attached hydrogen (secondary N) is 3. The van der Waals surface area contributed by atoms with Gasteiger partial charge in [0.25, 0.3) is 5.84 Å². The maximum Gasteiger partial charge on any atom is 0.553 e. The second-order valence-electron chi connectivity index (χ2n) is 11.6. The average molecular weight is 573 g/mol. The molecule has 5 heterocycles. The minimum Gasteiger partial charge on any atom is -0.329 e. The van der Waals surface area contributed by atoms with E-state index in [1.54, 1.807) is 0 Å². The summed E-state index contributed by atoms with van der Waals surface area (Å²) < 4.78 is 4.77. The molecule has 9 nitrogen and oxygen atoms in total. The Labute approximate surface area is 253 Å². The zero-order valence-corrected chi connectivity index (χ0v) is 24.8. The van der Waals surface area contributed by atoms with E-state index in [1.165, 1.54) is 37.6 Å². The van der Waals surface area contributed by atoms with Crippen LogP contribution >= 0.6 is 0 Å². The van der Waals surface area contributed by atoms with Gasteiger partial charge in [0, 0.05) is 49.2 Å². The van der Waals surface area contributed by atoms with Gasteiger partial charge >= 0.3 is 7.55 Å². The van der Waals surface area contributed by atoms with Gasteiger partial charge in [-0.25, -0.2) is 5.01 Å². The molecule has 3 N–H and O–H groups in total. The third-order valence-electron chi connectivity index (χ3n) is 8.31. The quantitative estimate of drug-likeness (QED) is 0.295. The molecule has 217 valence electrons. The number of amides is 1. The molecule has 4 aliphatic heterocycles. The smallest absolute Gasteiger partial charge is 0.329 e. The van der Waals surface area contributed by atoms with Gasteiger partial charge in [-0.1, -0.05) is 42.5 Å². The van der Waals surface area contributed by atoms with Gasteiger partial charge in [-0.2, -0.15) is 0 Å². The van der Waals surface area contributed by atoms with Gasteiger partial charge in [0.05, 0.1) is 18.8 Å². The summed E-state index contributed by atoms with van der Waals surface area (Å²) in [6, 6.07) is 23.0. The lowest BCUT2D eigenvalue weighted by Gasteiger charge is -2.28. The number of amidine groups is 1. The summed E-state index contributed by atoms with van der Waals surface area (Å²) in [5, 5.41) is 4.94. The molecule has 0 bridgehead atoms. The number of likely N-dealkylation sites (N-methyl/N-ethyl adjacent to an activating group) is 1. The van der Waals surface area contributed by atoms with E-state index in [0.29, 0.717) is 0 Å². The van der Waals surface area contributed by atoms with Crippen LogP contribution in [0.5, 0.6) is 0 Å². The summed E-state index contributed by atoms with van der Waals surface area (Å²) in [6.45, 7) is 5.34. The Balaban J connectivity index is 1.21. The number of hydrazine groups is 2. The number of piperidine rings is 1. The average Bonchev–Trinajstić information content (AvgIpc) is 3.76. The van der Waals surface area contributed by atoms with Crippen molar-refractivity contribution >= 4 is 36.4 Å². The molecule has 0 aliphatic carbocycles. The lowest BCUT2D eigenvalue weighted by molar-refractivity contribution is -0.539. The van der Waals surface area contributed by atoms with Crippen LogP contribution in [-0.2, 0) is 11.3 Å². The highest BCUT2D eigenvalue weighted by atomic mass is 16.1. The molecule has 1 radical (unpaired) electrons. The fraction of sp³-hybridized carbons (Fsp3) is 0.273. The lowest BCUT2D eigenvalue weighted by atomic mass is 9.91. The minimum atomic E-state index is -0.0726. The molecule has 0 saturated carbocycles. The zero-order valence-electron chi connectivity index (χ0n) is 24.8. The van der Waals surface area contributed by atoms with Crippen molar-refractivity contribution in [1.82, 2.24) is 25.1 Å². The van der Waals surface area contributed by atoms with E-state index in [2.05, 4.69) is 128 Å². The summed E-state index contributed by atoms with van der Waals surface area (Å²) in [7, 11) is 4.35. The van der Waals surface area contributed by atoms with Crippen LogP contribution in [-0.4, -0.2) is 64.7 Å². The van der Waals surface area contributed by atoms with Gasteiger partial charge < -0.3 is 15.2 Å². The van der Waals surface area contributed by atoms with Crippen LogP contribution in [0.3, 0.4) is 0 Å². The largest absolute Gasteiger partial charge is 0.553 e. The number of allylic oxidation sites excluding steroid dienone is 1. The summed E-state index contributed by atoms with van der Waals surface area (Å²) in [4.78, 5) is 16.3. The van der Waals surface area contributed by atoms with Crippen LogP contribution < -0.4 is 21.3 Å². The standard InChI is InChI=1S/C33H36BN8O/c1-24(43)35-27-13-11-26(12-14-27)33-29-15-17-31(39-19-7-4-8-20-39)41(29)34-42-30(33)16-18-32(42)40-23-28(36-37-40)22-38(2)21-25-9-5-3-6-10-25/h3,5-6,9-18,23,36-37H,4,7-8,19-22H2,1-2H3/p+1. The second-order valence-corrected chi connectivity index (χ2v) is 11.6. The third-order valence-corrected chi connectivity index (χ3v) is 8.31. The number of hydrogen-bond acceptors (Lipinski definition) is 5. The third kappa shape index (κ3) is 5.51. The molecule has 0 atom stereocenters. The normalized spacial score (nSPS) is 17.6. The van der Waals surface area contributed by atoms with Gasteiger partial charge in [-0.05, 0) is 67.8 Å². The zero-order chi connectivity index (χ0) is 29.3. The maximum absolute atomic E-state index is 11.6. The van der Waals surface area contributed by atoms with Crippen molar-refractivity contribution in [2.24, 2.45) is 0 Å². The highest BCUT2D eigenvalue weighted by Gasteiger charge is 2.41. The molecule has 1 fully saturated rings. The van der Waals surface area contributed by atoms with Crippen molar-refractivity contribution in [3.8, 4) is 0 Å². The highest BCUT2D eigenvalue weighted by molar-refractivity contribution is 6.41. The fourth-order valence-electron chi connectivity index (χ4n) is 6.37. The number of rotatable bonds is 7. The Kier molecular flexibility index (Phi) is 7.38. The van der Waals surface area contributed by atoms with Gasteiger partial charge in [0.2, 0.25) is 5.91 Å². The molecule has 0 unspecified atom stereocenters. The first-order chi connectivity index (χ1) is 21.0. The van der Waals surface area contributed by atoms with Crippen molar-refractivity contribution in [3.05, 3.63) is 113 Å². The van der Waals surface area contributed by atoms with Crippen molar-refractivity contribution < 1.29 is 9.37 Å². The Morgan fingerprint density at radius 3 is 2.53 bits per heavy atom. The van der Waals surface area contributed by atoms with Crippen LogP contribution in [0, 0.1) is 0 Å². The van der Waals surface area contributed by atoms with Crippen molar-refractivity contribution in [2.45, 2.75) is 32.7 Å². The molecular weight excluding hydrogens is 535 g/mol. The molecule has 1 amide bonds. The first-order valence-electron chi connectivity index (χ1n) is 15.1. The first kappa shape index (κ1) is 27.3. The summed E-state index contributed by atoms with van der Waals surface area (Å²) >= 11 is 0. The van der Waals surface area contributed by atoms with E-state index in [-0.39, 0.29) is 5.91 Å². The molecule has 0 spiro atoms. The Morgan fingerprint density at radius 2 is 1.77 bits per heavy atom. The molecule has 10 heteroatoms. The van der Waals surface area contributed by atoms with E-state index in [0.717, 1.165) is 65.9 Å². The highest BCUT2D eigenvalue weighted by Crippen LogP contribution is 2.38. The molecule has 3 aromatic rings. The van der Waals surface area contributed by atoms with Gasteiger partial charge in [-0.15, -0.1) is 5.53 Å². The molecular formula is C33H37BN8O+. The molecule has 7 rings (SSSR count). The topological polar surface area (TPSA) is 70.8 Å². The molecule has 2 aromatic carbocycles. The first-order valence-corrected chi connectivity index (χ1v) is 15.1. The Bertz CT molecular complexity index is 1650. The van der Waals surface area contributed by atoms with Crippen molar-refractivity contribution in [2.75, 3.05) is 37.0 Å². The Hall–Kier alpha value is -4.54. The van der Waals surface area contributed by atoms with E-state index in [9.17, 15) is 4.79 Å². The van der Waals surface area contributed by atoms with E-state index in [4.69, 9.17) is 0 Å². The van der Waals surface area contributed by atoms with Crippen molar-refractivity contribution in [1.29, 1.82) is 0 Å². The molecule has 43 heavy (non-hydrogen) atoms. The number of carbonyl (C=O) groups is 1. The van der Waals surface area contributed by atoms with Gasteiger partial charge in [0.1, 0.15) is 11.5 Å². The number of anilines is 2. The number of aromatic nitrogens is 1. The van der Waals surface area contributed by atoms with Crippen LogP contribution in [0.25, 0.3) is 5.57 Å². The minimum absolute atomic E-state index is 0.0726. The number of benzene rings is 2. The number of fused-ring (bicyclic) bond motifs is 2. The summed E-state index contributed by atoms with van der Waals surface area (Å²) in [6.07, 6.45) is 10.4. The summed E-state index contributed by atoms with van der Waals surface area (Å²) in [5.41, 5.74) is 14.5. The predicted octanol–water partition coefficient (Wildman–Crippen LogP) is 3.87. The van der Waals surface area contributed by atoms with E-state index < -0.39 is 0 Å². The van der Waals surface area contributed by atoms with E-state index in [1.807, 2.05) is 12.1 Å². The fourth-order valence-corrected chi connectivity index (χ4v) is 6.37. The maximum atomic E-state index is 11.6. The van der Waals surface area contributed by atoms with Gasteiger partial charge in [-0.3, -0.25) is 19.1 Å². The monoisotopic (exact) mass is 572 g/mol. The van der Waals surface area contributed by atoms with Crippen molar-refractivity contribution in [3.63, 3.8) is 0 Å².